The van der Waals surface area contributed by atoms with Crippen LogP contribution in [0.5, 0.6) is 5.75 Å². The van der Waals surface area contributed by atoms with E-state index in [-0.39, 0.29) is 0 Å². The average Bonchev–Trinajstić information content (AvgIpc) is 2.36. The molecular formula is C12H15FN2O5. The number of hydrogen-bond donors (Lipinski definition) is 1. The van der Waals surface area contributed by atoms with E-state index in [1.54, 1.807) is 0 Å². The van der Waals surface area contributed by atoms with Crippen LogP contribution in [0.4, 0.5) is 20.6 Å². The molecule has 1 amide bonds. The maximum absolute atomic E-state index is 14.0. The number of nitrogens with zero attached hydrogens (tertiary/aromatic N) is 1. The molecule has 0 atom stereocenters. The van der Waals surface area contributed by atoms with Crippen LogP contribution in [0, 0.1) is 15.9 Å². The van der Waals surface area contributed by atoms with Gasteiger partial charge >= 0.3 is 11.8 Å². The van der Waals surface area contributed by atoms with Gasteiger partial charge in [0.15, 0.2) is 0 Å². The fraction of sp³-hybridized carbons (Fsp3) is 0.417. The molecule has 8 heteroatoms. The molecule has 0 heterocycles. The third-order valence-electron chi connectivity index (χ3n) is 1.81. The van der Waals surface area contributed by atoms with Crippen LogP contribution in [0.1, 0.15) is 27.6 Å². The summed E-state index contributed by atoms with van der Waals surface area (Å²) < 4.78 is 59.7. The Morgan fingerprint density at radius 2 is 2.20 bits per heavy atom. The largest absolute Gasteiger partial charge is 0.494 e. The molecule has 0 fully saturated rings. The summed E-state index contributed by atoms with van der Waals surface area (Å²) in [4.78, 5) is 21.5. The quantitative estimate of drug-likeness (QED) is 0.682. The van der Waals surface area contributed by atoms with E-state index in [1.807, 2.05) is 5.32 Å². The van der Waals surface area contributed by atoms with E-state index in [1.165, 1.54) is 20.8 Å². The van der Waals surface area contributed by atoms with Gasteiger partial charge in [-0.15, -0.1) is 0 Å². The molecule has 0 radical (unpaired) electrons. The van der Waals surface area contributed by atoms with Gasteiger partial charge in [0.2, 0.25) is 5.82 Å². The third kappa shape index (κ3) is 4.08. The lowest BCUT2D eigenvalue weighted by molar-refractivity contribution is -0.387. The topological polar surface area (TPSA) is 90.7 Å². The van der Waals surface area contributed by atoms with Gasteiger partial charge < -0.3 is 9.47 Å². The molecule has 0 aliphatic rings. The van der Waals surface area contributed by atoms with E-state index in [0.29, 0.717) is 0 Å². The highest BCUT2D eigenvalue weighted by Gasteiger charge is 2.22. The molecule has 1 rings (SSSR count). The molecule has 1 aromatic carbocycles. The number of hydrogen-bond acceptors (Lipinski definition) is 5. The minimum Gasteiger partial charge on any atom is -0.494 e. The van der Waals surface area contributed by atoms with Gasteiger partial charge in [0.1, 0.15) is 11.4 Å². The number of carbonyl (C=O) groups excluding carboxylic acids is 1. The number of benzene rings is 1. The fourth-order valence-corrected chi connectivity index (χ4v) is 1.15. The summed E-state index contributed by atoms with van der Waals surface area (Å²) in [5.74, 6) is -2.80. The van der Waals surface area contributed by atoms with Crippen LogP contribution < -0.4 is 10.1 Å². The van der Waals surface area contributed by atoms with Crippen molar-refractivity contribution in [3.05, 3.63) is 28.0 Å². The minimum absolute atomic E-state index is 0.858. The number of nitro benzene ring substituents is 1. The van der Waals surface area contributed by atoms with E-state index in [4.69, 9.17) is 11.6 Å². The average molecular weight is 291 g/mol. The highest BCUT2D eigenvalue weighted by atomic mass is 19.1. The summed E-state index contributed by atoms with van der Waals surface area (Å²) in [6.45, 7) is 4.53. The molecule has 1 N–H and O–H groups in total. The standard InChI is InChI=1S/C12H15FN2O5/c1-12(2,3)20-11(16)14-8-6-9(15(17)18)7(13)5-10(8)19-4/h5-6H,1-4H3,(H,14,16)/i4D3,5D,6D. The lowest BCUT2D eigenvalue weighted by Gasteiger charge is -2.20. The monoisotopic (exact) mass is 291 g/mol. The SMILES string of the molecule is [2H]c1c(F)c([N+](=O)[O-])c([2H])c(NC(=O)OC(C)(C)C)c1OC([2H])([2H])[2H]. The van der Waals surface area contributed by atoms with Crippen LogP contribution in [0.2, 0.25) is 0 Å². The first-order valence-electron chi connectivity index (χ1n) is 7.80. The second-order valence-corrected chi connectivity index (χ2v) is 4.60. The summed E-state index contributed by atoms with van der Waals surface area (Å²) in [5, 5.41) is 12.8. The Hall–Kier alpha value is -2.38. The van der Waals surface area contributed by atoms with Gasteiger partial charge in [-0.2, -0.15) is 4.39 Å². The summed E-state index contributed by atoms with van der Waals surface area (Å²) in [6, 6.07) is -2.45. The number of methoxy groups -OCH3 is 1. The summed E-state index contributed by atoms with van der Waals surface area (Å²) in [5.41, 5.74) is -3.25. The number of ether oxygens (including phenoxy) is 2. The van der Waals surface area contributed by atoms with Crippen molar-refractivity contribution >= 4 is 17.5 Å². The third-order valence-corrected chi connectivity index (χ3v) is 1.81. The van der Waals surface area contributed by atoms with E-state index >= 15 is 0 Å². The van der Waals surface area contributed by atoms with Crippen molar-refractivity contribution in [2.75, 3.05) is 12.4 Å². The first kappa shape index (κ1) is 9.51. The van der Waals surface area contributed by atoms with Gasteiger partial charge in [0.25, 0.3) is 0 Å². The molecule has 1 aromatic rings. The molecule has 0 saturated carbocycles. The van der Waals surface area contributed by atoms with Crippen molar-refractivity contribution in [2.45, 2.75) is 26.4 Å². The van der Waals surface area contributed by atoms with Gasteiger partial charge in [0, 0.05) is 12.1 Å². The number of amides is 1. The summed E-state index contributed by atoms with van der Waals surface area (Å²) in [6.07, 6.45) is -1.20. The molecule has 0 aliphatic carbocycles. The van der Waals surface area contributed by atoms with Crippen LogP contribution in [0.15, 0.2) is 12.1 Å². The zero-order valence-electron chi connectivity index (χ0n) is 15.9. The van der Waals surface area contributed by atoms with Crippen molar-refractivity contribution in [2.24, 2.45) is 0 Å². The lowest BCUT2D eigenvalue weighted by Crippen LogP contribution is -2.27. The predicted octanol–water partition coefficient (Wildman–Crippen LogP) is 3.09. The number of carbonyl (C=O) groups is 1. The molecule has 7 nitrogen and oxygen atoms in total. The van der Waals surface area contributed by atoms with Crippen molar-refractivity contribution in [3.8, 4) is 5.75 Å². The molecule has 110 valence electrons. The van der Waals surface area contributed by atoms with Crippen LogP contribution in [0.25, 0.3) is 0 Å². The van der Waals surface area contributed by atoms with Crippen molar-refractivity contribution < 1.29 is 30.4 Å². The molecule has 0 unspecified atom stereocenters. The van der Waals surface area contributed by atoms with Crippen LogP contribution in [-0.4, -0.2) is 23.7 Å². The molecule has 0 spiro atoms. The van der Waals surface area contributed by atoms with Crippen molar-refractivity contribution in [3.63, 3.8) is 0 Å². The minimum atomic E-state index is -3.16. The molecule has 0 saturated heterocycles. The van der Waals surface area contributed by atoms with E-state index in [9.17, 15) is 19.3 Å². The zero-order chi connectivity index (χ0) is 19.7. The molecular weight excluding hydrogens is 271 g/mol. The Labute approximate surface area is 121 Å². The van der Waals surface area contributed by atoms with Crippen LogP contribution in [0.3, 0.4) is 0 Å². The van der Waals surface area contributed by atoms with Gasteiger partial charge in [-0.3, -0.25) is 15.4 Å². The predicted molar refractivity (Wildman–Crippen MR) is 69.5 cm³/mol. The fourth-order valence-electron chi connectivity index (χ4n) is 1.15. The second kappa shape index (κ2) is 5.72. The normalized spacial score (nSPS) is 15.1. The maximum atomic E-state index is 14.0. The zero-order valence-corrected chi connectivity index (χ0v) is 10.9. The van der Waals surface area contributed by atoms with Gasteiger partial charge in [-0.25, -0.2) is 4.79 Å². The van der Waals surface area contributed by atoms with E-state index < -0.39 is 58.7 Å². The molecule has 20 heavy (non-hydrogen) atoms. The van der Waals surface area contributed by atoms with Gasteiger partial charge in [-0.05, 0) is 20.8 Å². The van der Waals surface area contributed by atoms with Gasteiger partial charge in [-0.1, -0.05) is 0 Å². The van der Waals surface area contributed by atoms with Crippen molar-refractivity contribution in [1.82, 2.24) is 0 Å². The second-order valence-electron chi connectivity index (χ2n) is 4.60. The maximum Gasteiger partial charge on any atom is 0.412 e. The number of halogens is 1. The van der Waals surface area contributed by atoms with Crippen molar-refractivity contribution in [1.29, 1.82) is 0 Å². The number of nitro groups is 1. The first-order valence-corrected chi connectivity index (χ1v) is 5.30. The van der Waals surface area contributed by atoms with E-state index in [2.05, 4.69) is 4.74 Å². The summed E-state index contributed by atoms with van der Waals surface area (Å²) >= 11 is 0. The Morgan fingerprint density at radius 3 is 2.70 bits per heavy atom. The smallest absolute Gasteiger partial charge is 0.412 e. The molecule has 0 aromatic heterocycles. The number of anilines is 1. The lowest BCUT2D eigenvalue weighted by atomic mass is 10.2. The highest BCUT2D eigenvalue weighted by Crippen LogP contribution is 2.32. The Morgan fingerprint density at radius 1 is 1.55 bits per heavy atom. The van der Waals surface area contributed by atoms with Crippen LogP contribution >= 0.6 is 0 Å². The number of nitrogens with one attached hydrogen (secondary N) is 1. The van der Waals surface area contributed by atoms with E-state index in [0.717, 1.165) is 0 Å². The Kier molecular flexibility index (Phi) is 2.72. The number of rotatable bonds is 3. The Bertz CT molecular complexity index is 718. The highest BCUT2D eigenvalue weighted by molar-refractivity contribution is 5.87. The first-order chi connectivity index (χ1) is 11.1. The summed E-state index contributed by atoms with van der Waals surface area (Å²) in [7, 11) is -3.16. The molecule has 0 bridgehead atoms. The molecule has 0 aliphatic heterocycles. The van der Waals surface area contributed by atoms with Crippen LogP contribution in [-0.2, 0) is 4.74 Å². The Balaban J connectivity index is 3.55. The van der Waals surface area contributed by atoms with Gasteiger partial charge in [0.05, 0.1) is 24.5 Å².